The van der Waals surface area contributed by atoms with Gasteiger partial charge in [0.25, 0.3) is 5.56 Å². The molecule has 0 bridgehead atoms. The van der Waals surface area contributed by atoms with Crippen LogP contribution in [-0.2, 0) is 11.8 Å². The van der Waals surface area contributed by atoms with Crippen molar-refractivity contribution in [1.29, 1.82) is 0 Å². The predicted molar refractivity (Wildman–Crippen MR) is 136 cm³/mol. The number of amides is 1. The molecule has 0 spiro atoms. The monoisotopic (exact) mass is 485 g/mol. The summed E-state index contributed by atoms with van der Waals surface area (Å²) < 4.78 is 4.74. The minimum absolute atomic E-state index is 0.188. The molecule has 10 heteroatoms. The smallest absolute Gasteiger partial charge is 0.297 e. The van der Waals surface area contributed by atoms with Gasteiger partial charge in [0.05, 0.1) is 16.6 Å². The Bertz CT molecular complexity index is 1580. The number of para-hydroxylation sites is 1. The first-order valence-corrected chi connectivity index (χ1v) is 11.9. The number of rotatable bonds is 6. The van der Waals surface area contributed by atoms with Crippen LogP contribution in [0.15, 0.2) is 82.7 Å². The first-order chi connectivity index (χ1) is 17.0. The second-order valence-electron chi connectivity index (χ2n) is 8.06. The van der Waals surface area contributed by atoms with E-state index < -0.39 is 5.25 Å². The van der Waals surface area contributed by atoms with Crippen LogP contribution in [0.5, 0.6) is 0 Å². The third-order valence-electron chi connectivity index (χ3n) is 5.88. The number of carbonyl (C=O) groups is 1. The molecule has 5 aromatic rings. The normalized spacial score (nSPS) is 12.1. The van der Waals surface area contributed by atoms with Gasteiger partial charge in [-0.3, -0.25) is 14.3 Å². The first kappa shape index (κ1) is 22.6. The van der Waals surface area contributed by atoms with E-state index in [1.54, 1.807) is 16.3 Å². The summed E-state index contributed by atoms with van der Waals surface area (Å²) in [5, 5.41) is 16.8. The standard InChI is InChI=1S/C25H23N7O2S/c1-16-22(24(34)32(30(16)3)19-12-5-4-6-13-19)31-25(27-28-29-31)35-17(2)23(33)26-21-15-9-11-18-10-7-8-14-20(18)21/h4-15,17H,1-3H3,(H,26,33). The van der Waals surface area contributed by atoms with E-state index in [2.05, 4.69) is 20.8 Å². The Morgan fingerprint density at radius 1 is 1.00 bits per heavy atom. The molecular weight excluding hydrogens is 462 g/mol. The average molecular weight is 486 g/mol. The Morgan fingerprint density at radius 2 is 1.71 bits per heavy atom. The largest absolute Gasteiger partial charge is 0.325 e. The zero-order valence-electron chi connectivity index (χ0n) is 19.4. The third kappa shape index (κ3) is 4.12. The maximum Gasteiger partial charge on any atom is 0.297 e. The van der Waals surface area contributed by atoms with Crippen molar-refractivity contribution in [2.75, 3.05) is 5.32 Å². The van der Waals surface area contributed by atoms with Gasteiger partial charge in [0.15, 0.2) is 5.69 Å². The van der Waals surface area contributed by atoms with E-state index in [4.69, 9.17) is 0 Å². The van der Waals surface area contributed by atoms with Crippen molar-refractivity contribution < 1.29 is 4.79 Å². The zero-order valence-corrected chi connectivity index (χ0v) is 20.2. The number of anilines is 1. The van der Waals surface area contributed by atoms with Gasteiger partial charge in [-0.05, 0) is 47.9 Å². The molecule has 0 aliphatic rings. The summed E-state index contributed by atoms with van der Waals surface area (Å²) in [5.74, 6) is -0.188. The Morgan fingerprint density at radius 3 is 2.51 bits per heavy atom. The van der Waals surface area contributed by atoms with Crippen molar-refractivity contribution in [3.05, 3.63) is 88.8 Å². The fourth-order valence-electron chi connectivity index (χ4n) is 3.97. The summed E-state index contributed by atoms with van der Waals surface area (Å²) in [6, 6.07) is 23.0. The van der Waals surface area contributed by atoms with Crippen LogP contribution < -0.4 is 10.9 Å². The van der Waals surface area contributed by atoms with Crippen LogP contribution in [0.25, 0.3) is 22.1 Å². The number of carbonyl (C=O) groups excluding carboxylic acids is 1. The molecule has 176 valence electrons. The molecule has 1 amide bonds. The van der Waals surface area contributed by atoms with Gasteiger partial charge in [-0.1, -0.05) is 66.4 Å². The molecule has 0 aliphatic heterocycles. The van der Waals surface area contributed by atoms with E-state index in [0.29, 0.717) is 16.5 Å². The van der Waals surface area contributed by atoms with Gasteiger partial charge in [0, 0.05) is 18.1 Å². The fourth-order valence-corrected chi connectivity index (χ4v) is 4.76. The number of thioether (sulfide) groups is 1. The van der Waals surface area contributed by atoms with E-state index >= 15 is 0 Å². The lowest BCUT2D eigenvalue weighted by Gasteiger charge is -2.13. The van der Waals surface area contributed by atoms with Gasteiger partial charge in [0.1, 0.15) is 0 Å². The molecule has 1 unspecified atom stereocenters. The van der Waals surface area contributed by atoms with Gasteiger partial charge < -0.3 is 5.32 Å². The van der Waals surface area contributed by atoms with E-state index in [0.717, 1.165) is 22.1 Å². The van der Waals surface area contributed by atoms with E-state index in [9.17, 15) is 9.59 Å². The SMILES string of the molecule is Cc1c(-n2nnnc2SC(C)C(=O)Nc2cccc3ccccc23)c(=O)n(-c2ccccc2)n1C. The summed E-state index contributed by atoms with van der Waals surface area (Å²) in [4.78, 5) is 26.4. The number of hydrogen-bond acceptors (Lipinski definition) is 6. The molecule has 1 N–H and O–H groups in total. The zero-order chi connectivity index (χ0) is 24.5. The summed E-state index contributed by atoms with van der Waals surface area (Å²) in [5.41, 5.74) is 2.26. The summed E-state index contributed by atoms with van der Waals surface area (Å²) in [7, 11) is 1.81. The maximum absolute atomic E-state index is 13.4. The van der Waals surface area contributed by atoms with Gasteiger partial charge in [0.2, 0.25) is 11.1 Å². The second-order valence-corrected chi connectivity index (χ2v) is 9.37. The number of hydrogen-bond donors (Lipinski definition) is 1. The molecule has 0 radical (unpaired) electrons. The van der Waals surface area contributed by atoms with E-state index in [1.807, 2.05) is 86.8 Å². The summed E-state index contributed by atoms with van der Waals surface area (Å²) in [6.07, 6.45) is 0. The first-order valence-electron chi connectivity index (χ1n) is 11.0. The Hall–Kier alpha value is -4.18. The highest BCUT2D eigenvalue weighted by Gasteiger charge is 2.25. The molecule has 3 aromatic carbocycles. The number of nitrogens with one attached hydrogen (secondary N) is 1. The molecule has 9 nitrogen and oxygen atoms in total. The lowest BCUT2D eigenvalue weighted by Crippen LogP contribution is -2.24. The van der Waals surface area contributed by atoms with Crippen LogP contribution in [0.2, 0.25) is 0 Å². The van der Waals surface area contributed by atoms with Crippen LogP contribution in [-0.4, -0.2) is 40.7 Å². The molecule has 2 aromatic heterocycles. The molecule has 0 fully saturated rings. The highest BCUT2D eigenvalue weighted by molar-refractivity contribution is 8.00. The molecular formula is C25H23N7O2S. The fraction of sp³-hybridized carbons (Fsp3) is 0.160. The van der Waals surface area contributed by atoms with Crippen molar-refractivity contribution >= 4 is 34.1 Å². The van der Waals surface area contributed by atoms with Crippen LogP contribution in [0.1, 0.15) is 12.6 Å². The van der Waals surface area contributed by atoms with Crippen LogP contribution in [0.3, 0.4) is 0 Å². The maximum atomic E-state index is 13.4. The van der Waals surface area contributed by atoms with Crippen LogP contribution in [0, 0.1) is 6.92 Å². The third-order valence-corrected chi connectivity index (χ3v) is 6.91. The number of nitrogens with zero attached hydrogens (tertiary/aromatic N) is 6. The Balaban J connectivity index is 1.42. The predicted octanol–water partition coefficient (Wildman–Crippen LogP) is 3.73. The highest BCUT2D eigenvalue weighted by Crippen LogP contribution is 2.27. The summed E-state index contributed by atoms with van der Waals surface area (Å²) >= 11 is 1.19. The van der Waals surface area contributed by atoms with Crippen molar-refractivity contribution in [2.45, 2.75) is 24.3 Å². The highest BCUT2D eigenvalue weighted by atomic mass is 32.2. The minimum Gasteiger partial charge on any atom is -0.325 e. The second kappa shape index (κ2) is 9.22. The molecule has 0 saturated heterocycles. The van der Waals surface area contributed by atoms with Crippen LogP contribution >= 0.6 is 11.8 Å². The number of tetrazole rings is 1. The molecule has 0 saturated carbocycles. The number of fused-ring (bicyclic) bond motifs is 1. The quantitative estimate of drug-likeness (QED) is 0.368. The lowest BCUT2D eigenvalue weighted by molar-refractivity contribution is -0.115. The van der Waals surface area contributed by atoms with Gasteiger partial charge in [-0.2, -0.15) is 4.68 Å². The summed E-state index contributed by atoms with van der Waals surface area (Å²) in [6.45, 7) is 3.62. The van der Waals surface area contributed by atoms with Crippen molar-refractivity contribution in [3.63, 3.8) is 0 Å². The Labute approximate surface area is 205 Å². The molecule has 1 atom stereocenters. The molecule has 2 heterocycles. The number of benzene rings is 3. The van der Waals surface area contributed by atoms with Crippen molar-refractivity contribution in [2.24, 2.45) is 7.05 Å². The van der Waals surface area contributed by atoms with Gasteiger partial charge in [-0.15, -0.1) is 5.10 Å². The Kier molecular flexibility index (Phi) is 5.96. The van der Waals surface area contributed by atoms with Crippen molar-refractivity contribution in [3.8, 4) is 11.4 Å². The van der Waals surface area contributed by atoms with E-state index in [1.165, 1.54) is 16.4 Å². The topological polar surface area (TPSA) is 99.6 Å². The minimum atomic E-state index is -0.515. The molecule has 5 rings (SSSR count). The van der Waals surface area contributed by atoms with Gasteiger partial charge in [-0.25, -0.2) is 4.68 Å². The molecule has 0 aliphatic carbocycles. The lowest BCUT2D eigenvalue weighted by atomic mass is 10.1. The van der Waals surface area contributed by atoms with Gasteiger partial charge >= 0.3 is 0 Å². The van der Waals surface area contributed by atoms with Crippen molar-refractivity contribution in [1.82, 2.24) is 29.6 Å². The average Bonchev–Trinajstić information content (AvgIpc) is 3.40. The van der Waals surface area contributed by atoms with E-state index in [-0.39, 0.29) is 11.5 Å². The van der Waals surface area contributed by atoms with Crippen LogP contribution in [0.4, 0.5) is 5.69 Å². The number of aromatic nitrogens is 6. The molecule has 35 heavy (non-hydrogen) atoms.